The van der Waals surface area contributed by atoms with Crippen molar-refractivity contribution in [2.45, 2.75) is 24.2 Å². The van der Waals surface area contributed by atoms with Crippen molar-refractivity contribution in [3.05, 3.63) is 60.2 Å². The van der Waals surface area contributed by atoms with Crippen molar-refractivity contribution in [1.82, 2.24) is 0 Å². The van der Waals surface area contributed by atoms with E-state index in [-0.39, 0.29) is 6.42 Å². The van der Waals surface area contributed by atoms with Gasteiger partial charge in [0.2, 0.25) is 0 Å². The van der Waals surface area contributed by atoms with Gasteiger partial charge in [-0.15, -0.1) is 0 Å². The Morgan fingerprint density at radius 3 is 2.30 bits per heavy atom. The maximum Gasteiger partial charge on any atom is 0.303 e. The quantitative estimate of drug-likeness (QED) is 0.793. The molecule has 2 aromatic rings. The lowest BCUT2D eigenvalue weighted by Crippen LogP contribution is -2.26. The molecule has 0 heterocycles. The summed E-state index contributed by atoms with van der Waals surface area (Å²) in [7, 11) is -0.812. The van der Waals surface area contributed by atoms with Crippen LogP contribution in [0.25, 0.3) is 0 Å². The number of benzene rings is 2. The van der Waals surface area contributed by atoms with Crippen LogP contribution in [0.2, 0.25) is 0 Å². The first-order valence-electron chi connectivity index (χ1n) is 7.38. The lowest BCUT2D eigenvalue weighted by Gasteiger charge is -2.24. The Balaban J connectivity index is 2.11. The topological polar surface area (TPSA) is 57.6 Å². The highest BCUT2D eigenvalue weighted by Crippen LogP contribution is 2.22. The molecule has 5 heteroatoms. The second-order valence-corrected chi connectivity index (χ2v) is 7.66. The van der Waals surface area contributed by atoms with Crippen molar-refractivity contribution in [3.63, 3.8) is 0 Å². The van der Waals surface area contributed by atoms with Crippen LogP contribution in [0.1, 0.15) is 18.4 Å². The molecule has 1 unspecified atom stereocenters. The summed E-state index contributed by atoms with van der Waals surface area (Å²) >= 11 is 0. The number of aliphatic carboxylic acids is 1. The minimum atomic E-state index is -2.58. The number of hydrogen-bond donors (Lipinski definition) is 1. The molecule has 0 fully saturated rings. The van der Waals surface area contributed by atoms with E-state index in [4.69, 9.17) is 5.11 Å². The highest BCUT2D eigenvalue weighted by atomic mass is 32.2. The van der Waals surface area contributed by atoms with E-state index in [1.807, 2.05) is 54.6 Å². The Morgan fingerprint density at radius 2 is 1.74 bits per heavy atom. The van der Waals surface area contributed by atoms with Gasteiger partial charge in [-0.3, -0.25) is 9.10 Å². The molecule has 0 aliphatic rings. The zero-order valence-electron chi connectivity index (χ0n) is 13.1. The molecule has 1 N–H and O–H groups in total. The number of anilines is 1. The summed E-state index contributed by atoms with van der Waals surface area (Å²) in [4.78, 5) is 11.2. The van der Waals surface area contributed by atoms with Gasteiger partial charge < -0.3 is 5.11 Å². The van der Waals surface area contributed by atoms with E-state index in [1.165, 1.54) is 0 Å². The van der Waals surface area contributed by atoms with Crippen molar-refractivity contribution in [2.24, 2.45) is 0 Å². The maximum atomic E-state index is 13.0. The van der Waals surface area contributed by atoms with Crippen molar-refractivity contribution in [1.29, 1.82) is 0 Å². The monoisotopic (exact) mass is 331 g/mol. The minimum Gasteiger partial charge on any atom is -0.481 e. The first-order chi connectivity index (χ1) is 10.9. The van der Waals surface area contributed by atoms with Gasteiger partial charge in [-0.2, -0.15) is 0 Å². The molecule has 1 atom stereocenters. The third-order valence-corrected chi connectivity index (χ3v) is 5.81. The molecule has 0 amide bonds. The number of carboxylic acids is 1. The van der Waals surface area contributed by atoms with Gasteiger partial charge in [-0.25, -0.2) is 4.21 Å². The highest BCUT2D eigenvalue weighted by Gasteiger charge is 2.14. The lowest BCUT2D eigenvalue weighted by atomic mass is 10.1. The third-order valence-electron chi connectivity index (χ3n) is 3.71. The molecule has 0 spiro atoms. The summed E-state index contributed by atoms with van der Waals surface area (Å²) in [6.45, 7) is 0. The summed E-state index contributed by atoms with van der Waals surface area (Å²) < 4.78 is 14.7. The van der Waals surface area contributed by atoms with Gasteiger partial charge in [0.1, 0.15) is 0 Å². The number of rotatable bonds is 7. The molecule has 2 rings (SSSR count). The molecule has 0 radical (unpaired) electrons. The van der Waals surface area contributed by atoms with Crippen LogP contribution in [0.15, 0.2) is 59.5 Å². The fourth-order valence-corrected chi connectivity index (χ4v) is 3.64. The number of aryl methyl sites for hydroxylation is 1. The van der Waals surface area contributed by atoms with Crippen LogP contribution in [0.5, 0.6) is 0 Å². The molecular formula is C18H21NO3S. The SMILES string of the molecule is C=S(=O)(c1ccccc1)N(C)c1ccc(CCCC(=O)O)cc1. The number of hydrogen-bond acceptors (Lipinski definition) is 2. The second kappa shape index (κ2) is 7.33. The smallest absolute Gasteiger partial charge is 0.303 e. The van der Waals surface area contributed by atoms with Crippen molar-refractivity contribution < 1.29 is 14.1 Å². The summed E-state index contributed by atoms with van der Waals surface area (Å²) in [5, 5.41) is 8.66. The van der Waals surface area contributed by atoms with E-state index in [9.17, 15) is 9.00 Å². The van der Waals surface area contributed by atoms with Gasteiger partial charge in [0.05, 0.1) is 9.71 Å². The third kappa shape index (κ3) is 4.36. The first kappa shape index (κ1) is 17.1. The average Bonchev–Trinajstić information content (AvgIpc) is 2.55. The molecule has 23 heavy (non-hydrogen) atoms. The minimum absolute atomic E-state index is 0.169. The normalized spacial score (nSPS) is 13.3. The molecule has 0 aliphatic heterocycles. The number of carboxylic acid groups (broad SMARTS) is 1. The van der Waals surface area contributed by atoms with Crippen molar-refractivity contribution >= 4 is 27.2 Å². The Labute approximate surface area is 137 Å². The van der Waals surface area contributed by atoms with Crippen LogP contribution < -0.4 is 4.31 Å². The zero-order valence-corrected chi connectivity index (χ0v) is 14.0. The second-order valence-electron chi connectivity index (χ2n) is 5.36. The highest BCUT2D eigenvalue weighted by molar-refractivity contribution is 8.01. The molecule has 0 saturated carbocycles. The molecular weight excluding hydrogens is 310 g/mol. The molecule has 4 nitrogen and oxygen atoms in total. The maximum absolute atomic E-state index is 13.0. The van der Waals surface area contributed by atoms with Gasteiger partial charge >= 0.3 is 5.97 Å². The summed E-state index contributed by atoms with van der Waals surface area (Å²) in [5.41, 5.74) is 1.88. The van der Waals surface area contributed by atoms with Gasteiger partial charge in [0, 0.05) is 24.1 Å². The summed E-state index contributed by atoms with van der Waals surface area (Å²) in [5.74, 6) is 3.12. The van der Waals surface area contributed by atoms with E-state index in [0.717, 1.165) is 11.3 Å². The standard InChI is InChI=1S/C18H21NO3S/c1-19(23(2,22)17-8-4-3-5-9-17)16-13-11-15(12-14-16)7-6-10-18(20)21/h3-5,8-9,11-14H,2,6-7,10H2,1H3,(H,20,21). The van der Waals surface area contributed by atoms with Gasteiger partial charge in [0.25, 0.3) is 0 Å². The molecule has 0 bridgehead atoms. The van der Waals surface area contributed by atoms with Crippen LogP contribution in [-0.4, -0.2) is 28.2 Å². The number of nitrogens with zero attached hydrogens (tertiary/aromatic N) is 1. The predicted octanol–water partition coefficient (Wildman–Crippen LogP) is 3.22. The predicted molar refractivity (Wildman–Crippen MR) is 95.4 cm³/mol. The summed E-state index contributed by atoms with van der Waals surface area (Å²) in [6, 6.07) is 16.9. The van der Waals surface area contributed by atoms with E-state index >= 15 is 0 Å². The Hall–Kier alpha value is -2.27. The van der Waals surface area contributed by atoms with Gasteiger partial charge in [-0.1, -0.05) is 30.3 Å². The first-order valence-corrected chi connectivity index (χ1v) is 9.06. The fourth-order valence-electron chi connectivity index (χ4n) is 2.28. The van der Waals surface area contributed by atoms with Crippen LogP contribution >= 0.6 is 0 Å². The Kier molecular flexibility index (Phi) is 5.45. The van der Waals surface area contributed by atoms with E-state index in [1.54, 1.807) is 11.4 Å². The van der Waals surface area contributed by atoms with E-state index in [2.05, 4.69) is 5.87 Å². The molecule has 0 aromatic heterocycles. The molecule has 0 saturated heterocycles. The van der Waals surface area contributed by atoms with Crippen LogP contribution in [0.3, 0.4) is 0 Å². The number of carbonyl (C=O) groups is 1. The van der Waals surface area contributed by atoms with Crippen molar-refractivity contribution in [3.8, 4) is 0 Å². The van der Waals surface area contributed by atoms with Crippen LogP contribution in [0, 0.1) is 0 Å². The molecule has 0 aliphatic carbocycles. The van der Waals surface area contributed by atoms with Crippen molar-refractivity contribution in [2.75, 3.05) is 11.4 Å². The largest absolute Gasteiger partial charge is 0.481 e. The summed E-state index contributed by atoms with van der Waals surface area (Å²) in [6.07, 6.45) is 1.50. The fraction of sp³-hybridized carbons (Fsp3) is 0.222. The Morgan fingerprint density at radius 1 is 1.13 bits per heavy atom. The average molecular weight is 331 g/mol. The van der Waals surface area contributed by atoms with E-state index < -0.39 is 15.7 Å². The molecule has 2 aromatic carbocycles. The van der Waals surface area contributed by atoms with Gasteiger partial charge in [0.15, 0.2) is 0 Å². The lowest BCUT2D eigenvalue weighted by molar-refractivity contribution is -0.137. The van der Waals surface area contributed by atoms with E-state index in [0.29, 0.717) is 17.7 Å². The van der Waals surface area contributed by atoms with Crippen LogP contribution in [-0.2, 0) is 20.9 Å². The van der Waals surface area contributed by atoms with Crippen LogP contribution in [0.4, 0.5) is 5.69 Å². The molecule has 122 valence electrons. The zero-order chi connectivity index (χ0) is 16.9. The Bertz CT molecular complexity index is 753. The van der Waals surface area contributed by atoms with Gasteiger partial charge in [-0.05, 0) is 48.5 Å².